The van der Waals surface area contributed by atoms with Gasteiger partial charge in [0.25, 0.3) is 0 Å². The fourth-order valence-corrected chi connectivity index (χ4v) is 4.46. The van der Waals surface area contributed by atoms with Crippen molar-refractivity contribution in [2.45, 2.75) is 65.2 Å². The molecule has 4 atom stereocenters. The van der Waals surface area contributed by atoms with E-state index in [4.69, 9.17) is 0 Å². The monoisotopic (exact) mass is 200 g/mol. The average Bonchev–Trinajstić information content (AvgIpc) is 1.97. The van der Waals surface area contributed by atoms with Crippen LogP contribution in [-0.2, 0) is 0 Å². The normalized spacial score (nSPS) is 42.7. The molecule has 0 amide bonds. The van der Waals surface area contributed by atoms with Gasteiger partial charge in [0.15, 0.2) is 0 Å². The summed E-state index contributed by atoms with van der Waals surface area (Å²) in [5.41, 5.74) is 2.51. The van der Waals surface area contributed by atoms with Gasteiger partial charge in [-0.3, -0.25) is 0 Å². The highest BCUT2D eigenvalue weighted by Crippen LogP contribution is 2.44. The van der Waals surface area contributed by atoms with Crippen molar-refractivity contribution in [3.8, 4) is 0 Å². The van der Waals surface area contributed by atoms with Crippen molar-refractivity contribution < 1.29 is 0 Å². The van der Waals surface area contributed by atoms with Crippen LogP contribution in [-0.4, -0.2) is 11.3 Å². The minimum Gasteiger partial charge on any atom is -0.116 e. The van der Waals surface area contributed by atoms with E-state index in [1.54, 1.807) is 0 Å². The van der Waals surface area contributed by atoms with Crippen LogP contribution >= 0.6 is 8.58 Å². The van der Waals surface area contributed by atoms with Gasteiger partial charge >= 0.3 is 0 Å². The molecule has 0 aliphatic carbocycles. The topological polar surface area (TPSA) is 0 Å². The molecule has 1 heteroatoms. The molecule has 1 rings (SSSR count). The molecular weight excluding hydrogens is 175 g/mol. The zero-order valence-corrected chi connectivity index (χ0v) is 10.9. The summed E-state index contributed by atoms with van der Waals surface area (Å²) < 4.78 is 0. The molecule has 0 spiro atoms. The second kappa shape index (κ2) is 4.30. The summed E-state index contributed by atoms with van der Waals surface area (Å²) in [6, 6.07) is 0. The molecule has 0 nitrogen and oxygen atoms in total. The summed E-state index contributed by atoms with van der Waals surface area (Å²) in [5, 5.41) is 0. The maximum absolute atomic E-state index is 2.45. The first-order valence-electron chi connectivity index (χ1n) is 5.68. The van der Waals surface area contributed by atoms with Crippen molar-refractivity contribution in [2.24, 2.45) is 11.3 Å². The fraction of sp³-hybridized carbons (Fsp3) is 1.00. The van der Waals surface area contributed by atoms with E-state index in [1.807, 2.05) is 0 Å². The van der Waals surface area contributed by atoms with Crippen LogP contribution in [0, 0.1) is 11.3 Å². The molecule has 1 fully saturated rings. The van der Waals surface area contributed by atoms with E-state index in [1.165, 1.54) is 27.8 Å². The largest absolute Gasteiger partial charge is 0.116 e. The molecule has 0 aromatic heterocycles. The van der Waals surface area contributed by atoms with Crippen LogP contribution in [0.25, 0.3) is 0 Å². The molecule has 0 bridgehead atoms. The summed E-state index contributed by atoms with van der Waals surface area (Å²) in [6.07, 6.45) is 4.32. The molecule has 1 saturated heterocycles. The molecule has 0 aromatic rings. The Morgan fingerprint density at radius 2 is 1.62 bits per heavy atom. The SMILES string of the molecule is CC1CCC(C)C(C)(C)CC(C)P1. The van der Waals surface area contributed by atoms with Crippen LogP contribution in [0.2, 0.25) is 0 Å². The lowest BCUT2D eigenvalue weighted by Gasteiger charge is -2.38. The van der Waals surface area contributed by atoms with Crippen LogP contribution in [0.1, 0.15) is 53.9 Å². The third kappa shape index (κ3) is 3.24. The Labute approximate surface area is 85.7 Å². The van der Waals surface area contributed by atoms with Gasteiger partial charge in [0.1, 0.15) is 0 Å². The second-order valence-corrected chi connectivity index (χ2v) is 7.94. The van der Waals surface area contributed by atoms with Crippen molar-refractivity contribution >= 4 is 8.58 Å². The molecule has 1 aliphatic rings. The van der Waals surface area contributed by atoms with Crippen LogP contribution < -0.4 is 0 Å². The van der Waals surface area contributed by atoms with Gasteiger partial charge in [-0.1, -0.05) is 34.6 Å². The average molecular weight is 200 g/mol. The molecule has 0 saturated carbocycles. The van der Waals surface area contributed by atoms with Crippen molar-refractivity contribution in [2.75, 3.05) is 0 Å². The quantitative estimate of drug-likeness (QED) is 0.512. The fourth-order valence-electron chi connectivity index (χ4n) is 2.51. The molecule has 0 radical (unpaired) electrons. The van der Waals surface area contributed by atoms with Gasteiger partial charge in [-0.25, -0.2) is 0 Å². The number of hydrogen-bond acceptors (Lipinski definition) is 0. The summed E-state index contributed by atoms with van der Waals surface area (Å²) in [6.45, 7) is 12.2. The van der Waals surface area contributed by atoms with Crippen LogP contribution in [0.3, 0.4) is 0 Å². The predicted molar refractivity (Wildman–Crippen MR) is 64.0 cm³/mol. The van der Waals surface area contributed by atoms with E-state index in [-0.39, 0.29) is 0 Å². The molecular formula is C12H25P. The Bertz CT molecular complexity index is 163. The summed E-state index contributed by atoms with van der Waals surface area (Å²) in [4.78, 5) is 0. The Hall–Kier alpha value is 0.430. The molecule has 13 heavy (non-hydrogen) atoms. The smallest absolute Gasteiger partial charge is 0.0258 e. The zero-order chi connectivity index (χ0) is 10.1. The van der Waals surface area contributed by atoms with Crippen molar-refractivity contribution in [3.05, 3.63) is 0 Å². The summed E-state index contributed by atoms with van der Waals surface area (Å²) in [5.74, 6) is 0.905. The zero-order valence-electron chi connectivity index (χ0n) is 9.85. The molecule has 78 valence electrons. The minimum absolute atomic E-state index is 0.576. The lowest BCUT2D eigenvalue weighted by molar-refractivity contribution is 0.193. The minimum atomic E-state index is 0.576. The van der Waals surface area contributed by atoms with Crippen molar-refractivity contribution in [1.29, 1.82) is 0 Å². The van der Waals surface area contributed by atoms with E-state index in [2.05, 4.69) is 34.6 Å². The van der Waals surface area contributed by atoms with Crippen LogP contribution in [0.4, 0.5) is 0 Å². The Kier molecular flexibility index (Phi) is 3.81. The molecule has 0 aromatic carbocycles. The Balaban J connectivity index is 2.62. The highest BCUT2D eigenvalue weighted by atomic mass is 31.1. The van der Waals surface area contributed by atoms with Gasteiger partial charge in [0, 0.05) is 0 Å². The highest BCUT2D eigenvalue weighted by molar-refractivity contribution is 7.39. The van der Waals surface area contributed by atoms with Gasteiger partial charge in [0.05, 0.1) is 0 Å². The standard InChI is InChI=1S/C12H25P/c1-9-6-7-10(2)13-11(3)8-12(9,4)5/h9-11,13H,6-8H2,1-5H3. The summed E-state index contributed by atoms with van der Waals surface area (Å²) in [7, 11) is 1.19. The first-order valence-corrected chi connectivity index (χ1v) is 6.83. The van der Waals surface area contributed by atoms with Gasteiger partial charge in [-0.05, 0) is 41.9 Å². The van der Waals surface area contributed by atoms with Gasteiger partial charge in [-0.2, -0.15) is 0 Å². The summed E-state index contributed by atoms with van der Waals surface area (Å²) >= 11 is 0. The third-order valence-electron chi connectivity index (χ3n) is 3.77. The predicted octanol–water partition coefficient (Wildman–Crippen LogP) is 4.29. The maximum Gasteiger partial charge on any atom is -0.0258 e. The van der Waals surface area contributed by atoms with Crippen molar-refractivity contribution in [1.82, 2.24) is 0 Å². The third-order valence-corrected chi connectivity index (χ3v) is 5.40. The van der Waals surface area contributed by atoms with Gasteiger partial charge in [0.2, 0.25) is 0 Å². The second-order valence-electron chi connectivity index (χ2n) is 5.64. The van der Waals surface area contributed by atoms with Crippen molar-refractivity contribution in [3.63, 3.8) is 0 Å². The molecule has 1 heterocycles. The molecule has 1 aliphatic heterocycles. The van der Waals surface area contributed by atoms with Gasteiger partial charge in [-0.15, -0.1) is 8.58 Å². The molecule has 4 unspecified atom stereocenters. The van der Waals surface area contributed by atoms with E-state index >= 15 is 0 Å². The highest BCUT2D eigenvalue weighted by Gasteiger charge is 2.30. The van der Waals surface area contributed by atoms with Crippen LogP contribution in [0.15, 0.2) is 0 Å². The Morgan fingerprint density at radius 1 is 1.00 bits per heavy atom. The lowest BCUT2D eigenvalue weighted by Crippen LogP contribution is -2.28. The number of hydrogen-bond donors (Lipinski definition) is 0. The van der Waals surface area contributed by atoms with E-state index in [0.29, 0.717) is 5.41 Å². The van der Waals surface area contributed by atoms with Crippen LogP contribution in [0.5, 0.6) is 0 Å². The maximum atomic E-state index is 2.45. The number of rotatable bonds is 0. The molecule has 0 N–H and O–H groups in total. The van der Waals surface area contributed by atoms with E-state index in [9.17, 15) is 0 Å². The van der Waals surface area contributed by atoms with Gasteiger partial charge < -0.3 is 0 Å². The Morgan fingerprint density at radius 3 is 2.23 bits per heavy atom. The lowest BCUT2D eigenvalue weighted by atomic mass is 9.74. The first kappa shape index (κ1) is 11.5. The van der Waals surface area contributed by atoms with E-state index < -0.39 is 0 Å². The van der Waals surface area contributed by atoms with E-state index in [0.717, 1.165) is 17.2 Å². The first-order chi connectivity index (χ1) is 5.92.